The van der Waals surface area contributed by atoms with Gasteiger partial charge in [0.25, 0.3) is 5.69 Å². The normalized spacial score (nSPS) is 11.5. The van der Waals surface area contributed by atoms with Crippen LogP contribution in [0.15, 0.2) is 41.5 Å². The van der Waals surface area contributed by atoms with Gasteiger partial charge in [-0.2, -0.15) is 18.3 Å². The molecule has 0 saturated heterocycles. The number of nitro benzene ring substituents is 1. The molecule has 0 amide bonds. The smallest absolute Gasteiger partial charge is 0.416 e. The number of aromatic hydroxyl groups is 1. The van der Waals surface area contributed by atoms with Gasteiger partial charge in [0.15, 0.2) is 11.5 Å². The van der Waals surface area contributed by atoms with Crippen LogP contribution in [0.2, 0.25) is 0 Å². The van der Waals surface area contributed by atoms with Gasteiger partial charge in [-0.1, -0.05) is 0 Å². The lowest BCUT2D eigenvalue weighted by Crippen LogP contribution is -2.06. The summed E-state index contributed by atoms with van der Waals surface area (Å²) < 4.78 is 43.2. The van der Waals surface area contributed by atoms with Crippen LogP contribution in [0.4, 0.5) is 24.5 Å². The minimum atomic E-state index is -4.69. The standard InChI is InChI=1S/C16H14F3N3O4/c1-2-26-15-7-10(3-6-14(15)23)9-20-21-12-5-4-11(16(17,18)19)8-13(12)22(24)25/h3-9,21,23H,2H2,1H3/b20-9+. The molecule has 0 aromatic heterocycles. The third-order valence-electron chi connectivity index (χ3n) is 3.20. The molecule has 0 heterocycles. The topological polar surface area (TPSA) is 97.0 Å². The Labute approximate surface area is 145 Å². The number of nitro groups is 1. The monoisotopic (exact) mass is 369 g/mol. The number of phenols is 1. The number of benzene rings is 2. The second kappa shape index (κ2) is 7.72. The molecule has 0 bridgehead atoms. The summed E-state index contributed by atoms with van der Waals surface area (Å²) in [4.78, 5) is 10.1. The summed E-state index contributed by atoms with van der Waals surface area (Å²) in [6.07, 6.45) is -3.41. The van der Waals surface area contributed by atoms with Crippen molar-refractivity contribution >= 4 is 17.6 Å². The molecule has 0 fully saturated rings. The molecule has 2 rings (SSSR count). The Kier molecular flexibility index (Phi) is 5.65. The molecule has 138 valence electrons. The highest BCUT2D eigenvalue weighted by atomic mass is 19.4. The molecule has 0 radical (unpaired) electrons. The van der Waals surface area contributed by atoms with Crippen LogP contribution in [0.1, 0.15) is 18.1 Å². The van der Waals surface area contributed by atoms with Crippen molar-refractivity contribution in [3.8, 4) is 11.5 Å². The first-order valence-electron chi connectivity index (χ1n) is 7.33. The summed E-state index contributed by atoms with van der Waals surface area (Å²) >= 11 is 0. The van der Waals surface area contributed by atoms with Crippen molar-refractivity contribution in [2.45, 2.75) is 13.1 Å². The van der Waals surface area contributed by atoms with Gasteiger partial charge in [0.05, 0.1) is 23.3 Å². The van der Waals surface area contributed by atoms with Crippen molar-refractivity contribution in [3.05, 3.63) is 57.6 Å². The molecule has 2 N–H and O–H groups in total. The first kappa shape index (κ1) is 19.0. The number of nitrogens with zero attached hydrogens (tertiary/aromatic N) is 2. The van der Waals surface area contributed by atoms with E-state index in [1.165, 1.54) is 24.4 Å². The molecule has 0 unspecified atom stereocenters. The molecule has 2 aromatic rings. The molecule has 0 saturated carbocycles. The van der Waals surface area contributed by atoms with Crippen molar-refractivity contribution in [3.63, 3.8) is 0 Å². The van der Waals surface area contributed by atoms with Gasteiger partial charge in [-0.05, 0) is 42.8 Å². The lowest BCUT2D eigenvalue weighted by atomic mass is 10.1. The summed E-state index contributed by atoms with van der Waals surface area (Å²) in [5.41, 5.74) is 0.783. The minimum absolute atomic E-state index is 0.0599. The van der Waals surface area contributed by atoms with Crippen molar-refractivity contribution in [2.75, 3.05) is 12.0 Å². The van der Waals surface area contributed by atoms with Gasteiger partial charge in [-0.15, -0.1) is 0 Å². The molecular weight excluding hydrogens is 355 g/mol. The highest BCUT2D eigenvalue weighted by Crippen LogP contribution is 2.35. The van der Waals surface area contributed by atoms with Crippen LogP contribution in [-0.2, 0) is 6.18 Å². The molecule has 0 spiro atoms. The molecular formula is C16H14F3N3O4. The number of ether oxygens (including phenoxy) is 1. The lowest BCUT2D eigenvalue weighted by Gasteiger charge is -2.08. The number of phenolic OH excluding ortho intramolecular Hbond substituents is 1. The van der Waals surface area contributed by atoms with Gasteiger partial charge >= 0.3 is 6.18 Å². The molecule has 7 nitrogen and oxygen atoms in total. The number of alkyl halides is 3. The number of anilines is 1. The van der Waals surface area contributed by atoms with E-state index in [1.807, 2.05) is 0 Å². The summed E-state index contributed by atoms with van der Waals surface area (Å²) in [6.45, 7) is 2.08. The molecule has 0 aliphatic heterocycles. The molecule has 0 aliphatic carbocycles. The average Bonchev–Trinajstić information content (AvgIpc) is 2.57. The van der Waals surface area contributed by atoms with E-state index in [-0.39, 0.29) is 17.2 Å². The summed E-state index contributed by atoms with van der Waals surface area (Å²) in [5.74, 6) is 0.173. The highest BCUT2D eigenvalue weighted by Gasteiger charge is 2.33. The lowest BCUT2D eigenvalue weighted by molar-refractivity contribution is -0.384. The van der Waals surface area contributed by atoms with Gasteiger partial charge in [0, 0.05) is 6.07 Å². The number of nitrogens with one attached hydrogen (secondary N) is 1. The first-order valence-corrected chi connectivity index (χ1v) is 7.33. The summed E-state index contributed by atoms with van der Waals surface area (Å²) in [5, 5.41) is 24.4. The van der Waals surface area contributed by atoms with Gasteiger partial charge in [-0.25, -0.2) is 0 Å². The SMILES string of the molecule is CCOc1cc(/C=N/Nc2ccc(C(F)(F)F)cc2[N+](=O)[O-])ccc1O. The number of hydrogen-bond acceptors (Lipinski definition) is 6. The predicted molar refractivity (Wildman–Crippen MR) is 88.6 cm³/mol. The zero-order chi connectivity index (χ0) is 19.3. The molecule has 2 aromatic carbocycles. The molecule has 0 atom stereocenters. The van der Waals surface area contributed by atoms with E-state index in [2.05, 4.69) is 10.5 Å². The fourth-order valence-electron chi connectivity index (χ4n) is 2.01. The van der Waals surface area contributed by atoms with Crippen molar-refractivity contribution in [2.24, 2.45) is 5.10 Å². The Morgan fingerprint density at radius 3 is 2.65 bits per heavy atom. The van der Waals surface area contributed by atoms with Crippen LogP contribution in [-0.4, -0.2) is 22.9 Å². The fourth-order valence-corrected chi connectivity index (χ4v) is 2.01. The fraction of sp³-hybridized carbons (Fsp3) is 0.188. The largest absolute Gasteiger partial charge is 0.504 e. The Morgan fingerprint density at radius 1 is 1.31 bits per heavy atom. The second-order valence-electron chi connectivity index (χ2n) is 5.02. The third kappa shape index (κ3) is 4.62. The number of rotatable bonds is 6. The number of halogens is 3. The Hall–Kier alpha value is -3.30. The van der Waals surface area contributed by atoms with Gasteiger partial charge in [0.1, 0.15) is 5.69 Å². The maximum absolute atomic E-state index is 12.7. The van der Waals surface area contributed by atoms with Gasteiger partial charge in [0.2, 0.25) is 0 Å². The van der Waals surface area contributed by atoms with Crippen molar-refractivity contribution in [1.82, 2.24) is 0 Å². The van der Waals surface area contributed by atoms with Crippen LogP contribution >= 0.6 is 0 Å². The van der Waals surface area contributed by atoms with Crippen LogP contribution in [0, 0.1) is 10.1 Å². The van der Waals surface area contributed by atoms with Crippen molar-refractivity contribution in [1.29, 1.82) is 0 Å². The zero-order valence-electron chi connectivity index (χ0n) is 13.4. The Morgan fingerprint density at radius 2 is 2.04 bits per heavy atom. The first-order chi connectivity index (χ1) is 12.2. The van der Waals surface area contributed by atoms with Crippen LogP contribution in [0.3, 0.4) is 0 Å². The second-order valence-corrected chi connectivity index (χ2v) is 5.02. The molecule has 0 aliphatic rings. The summed E-state index contributed by atoms with van der Waals surface area (Å²) in [6, 6.07) is 6.48. The number of hydrazone groups is 1. The van der Waals surface area contributed by atoms with E-state index >= 15 is 0 Å². The molecule has 26 heavy (non-hydrogen) atoms. The van der Waals surface area contributed by atoms with Crippen LogP contribution in [0.25, 0.3) is 0 Å². The van der Waals surface area contributed by atoms with E-state index in [9.17, 15) is 28.4 Å². The zero-order valence-corrected chi connectivity index (χ0v) is 13.4. The maximum Gasteiger partial charge on any atom is 0.416 e. The minimum Gasteiger partial charge on any atom is -0.504 e. The highest BCUT2D eigenvalue weighted by molar-refractivity contribution is 5.81. The van der Waals surface area contributed by atoms with E-state index in [1.54, 1.807) is 6.92 Å². The van der Waals surface area contributed by atoms with Crippen LogP contribution in [0.5, 0.6) is 11.5 Å². The summed E-state index contributed by atoms with van der Waals surface area (Å²) in [7, 11) is 0. The van der Waals surface area contributed by atoms with Gasteiger partial charge < -0.3 is 9.84 Å². The van der Waals surface area contributed by atoms with Gasteiger partial charge in [-0.3, -0.25) is 15.5 Å². The Balaban J connectivity index is 2.22. The maximum atomic E-state index is 12.7. The molecule has 10 heteroatoms. The average molecular weight is 369 g/mol. The Bertz CT molecular complexity index is 838. The van der Waals surface area contributed by atoms with E-state index in [4.69, 9.17) is 4.74 Å². The van der Waals surface area contributed by atoms with E-state index < -0.39 is 22.4 Å². The predicted octanol–water partition coefficient (Wildman–Crippen LogP) is 4.16. The van der Waals surface area contributed by atoms with Crippen molar-refractivity contribution < 1.29 is 27.9 Å². The van der Waals surface area contributed by atoms with E-state index in [0.717, 1.165) is 12.1 Å². The quantitative estimate of drug-likeness (QED) is 0.453. The third-order valence-corrected chi connectivity index (χ3v) is 3.20. The van der Waals surface area contributed by atoms with Crippen LogP contribution < -0.4 is 10.2 Å². The van der Waals surface area contributed by atoms with E-state index in [0.29, 0.717) is 18.2 Å². The number of hydrogen-bond donors (Lipinski definition) is 2.